The molecule has 0 saturated heterocycles. The van der Waals surface area contributed by atoms with Crippen molar-refractivity contribution in [2.75, 3.05) is 0 Å². The van der Waals surface area contributed by atoms with Crippen molar-refractivity contribution in [2.24, 2.45) is 11.8 Å². The van der Waals surface area contributed by atoms with E-state index in [1.807, 2.05) is 0 Å². The van der Waals surface area contributed by atoms with Gasteiger partial charge in [-0.25, -0.2) is 0 Å². The molecule has 0 aromatic rings. The van der Waals surface area contributed by atoms with Crippen molar-refractivity contribution in [3.8, 4) is 0 Å². The highest BCUT2D eigenvalue weighted by atomic mass is 14.2. The van der Waals surface area contributed by atoms with Gasteiger partial charge in [-0.1, -0.05) is 77.4 Å². The molecule has 0 aliphatic carbocycles. The minimum absolute atomic E-state index is 0.904. The van der Waals surface area contributed by atoms with Gasteiger partial charge in [0.05, 0.1) is 0 Å². The molecule has 0 heteroatoms. The molecule has 0 aromatic carbocycles. The lowest BCUT2D eigenvalue weighted by Gasteiger charge is -2.19. The van der Waals surface area contributed by atoms with Gasteiger partial charge < -0.3 is 0 Å². The molecule has 18 heavy (non-hydrogen) atoms. The molecular formula is C18H36. The van der Waals surface area contributed by atoms with Crippen LogP contribution in [0.2, 0.25) is 0 Å². The van der Waals surface area contributed by atoms with Gasteiger partial charge in [-0.3, -0.25) is 0 Å². The Hall–Kier alpha value is -0.260. The fourth-order valence-corrected chi connectivity index (χ4v) is 2.49. The van der Waals surface area contributed by atoms with Gasteiger partial charge in [-0.2, -0.15) is 0 Å². The summed E-state index contributed by atoms with van der Waals surface area (Å²) in [4.78, 5) is 0. The molecule has 0 fully saturated rings. The van der Waals surface area contributed by atoms with Crippen LogP contribution >= 0.6 is 0 Å². The molecule has 108 valence electrons. The molecule has 0 aliphatic rings. The van der Waals surface area contributed by atoms with Crippen molar-refractivity contribution in [1.82, 2.24) is 0 Å². The first-order valence-electron chi connectivity index (χ1n) is 8.23. The Morgan fingerprint density at radius 1 is 0.889 bits per heavy atom. The summed E-state index contributed by atoms with van der Waals surface area (Å²) in [6.07, 6.45) is 14.9. The van der Waals surface area contributed by atoms with Crippen LogP contribution in [0.5, 0.6) is 0 Å². The van der Waals surface area contributed by atoms with Crippen LogP contribution in [-0.4, -0.2) is 0 Å². The minimum Gasteiger partial charge on any atom is -0.0887 e. The normalized spacial score (nSPS) is 15.7. The molecule has 0 aromatic heterocycles. The van der Waals surface area contributed by atoms with Gasteiger partial charge in [0, 0.05) is 0 Å². The summed E-state index contributed by atoms with van der Waals surface area (Å²) in [5, 5.41) is 0. The van der Waals surface area contributed by atoms with Crippen molar-refractivity contribution in [3.05, 3.63) is 11.6 Å². The predicted octanol–water partition coefficient (Wildman–Crippen LogP) is 6.76. The Kier molecular flexibility index (Phi) is 11.6. The van der Waals surface area contributed by atoms with E-state index in [0.717, 1.165) is 11.8 Å². The zero-order valence-corrected chi connectivity index (χ0v) is 13.6. The van der Waals surface area contributed by atoms with E-state index in [1.54, 1.807) is 5.57 Å². The van der Waals surface area contributed by atoms with Gasteiger partial charge in [0.1, 0.15) is 0 Å². The maximum Gasteiger partial charge on any atom is -0.0323 e. The Morgan fingerprint density at radius 3 is 2.00 bits per heavy atom. The Morgan fingerprint density at radius 2 is 1.44 bits per heavy atom. The Labute approximate surface area is 116 Å². The molecule has 0 N–H and O–H groups in total. The lowest BCUT2D eigenvalue weighted by atomic mass is 9.86. The van der Waals surface area contributed by atoms with Gasteiger partial charge in [-0.15, -0.1) is 0 Å². The summed E-state index contributed by atoms with van der Waals surface area (Å²) in [6.45, 7) is 11.6. The van der Waals surface area contributed by atoms with E-state index in [1.165, 1.54) is 57.8 Å². The third kappa shape index (κ3) is 9.74. The van der Waals surface area contributed by atoms with Gasteiger partial charge in [0.2, 0.25) is 0 Å². The van der Waals surface area contributed by atoms with Crippen LogP contribution in [0.25, 0.3) is 0 Å². The van der Waals surface area contributed by atoms with Gasteiger partial charge in [0.25, 0.3) is 0 Å². The highest BCUT2D eigenvalue weighted by Gasteiger charge is 2.11. The number of rotatable bonds is 11. The lowest BCUT2D eigenvalue weighted by molar-refractivity contribution is 0.326. The summed E-state index contributed by atoms with van der Waals surface area (Å²) < 4.78 is 0. The van der Waals surface area contributed by atoms with E-state index in [0.29, 0.717) is 0 Å². The molecule has 0 amide bonds. The molecule has 0 radical (unpaired) electrons. The maximum absolute atomic E-state index is 2.45. The van der Waals surface area contributed by atoms with Gasteiger partial charge in [0.15, 0.2) is 0 Å². The fraction of sp³-hybridized carbons (Fsp3) is 0.889. The Bertz CT molecular complexity index is 202. The largest absolute Gasteiger partial charge is 0.0887 e. The predicted molar refractivity (Wildman–Crippen MR) is 85.0 cm³/mol. The van der Waals surface area contributed by atoms with E-state index in [4.69, 9.17) is 0 Å². The molecule has 0 aliphatic heterocycles. The number of hydrogen-bond donors (Lipinski definition) is 0. The standard InChI is InChI=1S/C18H36/c1-6-8-9-10-11-14-17(4)18(5)15-12-13-16(3)7-2/h7,17-18H,6,8-15H2,1-5H3. The number of hydrogen-bond acceptors (Lipinski definition) is 0. The average molecular weight is 252 g/mol. The first-order valence-corrected chi connectivity index (χ1v) is 8.23. The molecule has 0 rings (SSSR count). The van der Waals surface area contributed by atoms with E-state index < -0.39 is 0 Å². The quantitative estimate of drug-likeness (QED) is 0.281. The average Bonchev–Trinajstić information content (AvgIpc) is 2.37. The molecule has 0 spiro atoms. The van der Waals surface area contributed by atoms with E-state index in [2.05, 4.69) is 40.7 Å². The zero-order chi connectivity index (χ0) is 13.8. The van der Waals surface area contributed by atoms with Crippen LogP contribution in [-0.2, 0) is 0 Å². The van der Waals surface area contributed by atoms with E-state index >= 15 is 0 Å². The van der Waals surface area contributed by atoms with E-state index in [9.17, 15) is 0 Å². The number of allylic oxidation sites excluding steroid dienone is 2. The fourth-order valence-electron chi connectivity index (χ4n) is 2.49. The maximum atomic E-state index is 2.45. The Balaban J connectivity index is 3.53. The second-order valence-corrected chi connectivity index (χ2v) is 6.18. The van der Waals surface area contributed by atoms with Crippen LogP contribution in [0.3, 0.4) is 0 Å². The highest BCUT2D eigenvalue weighted by Crippen LogP contribution is 2.24. The number of unbranched alkanes of at least 4 members (excludes halogenated alkanes) is 4. The van der Waals surface area contributed by atoms with Crippen molar-refractivity contribution in [1.29, 1.82) is 0 Å². The van der Waals surface area contributed by atoms with Crippen molar-refractivity contribution in [2.45, 2.75) is 92.4 Å². The third-order valence-electron chi connectivity index (χ3n) is 4.46. The highest BCUT2D eigenvalue weighted by molar-refractivity contribution is 4.94. The summed E-state index contributed by atoms with van der Waals surface area (Å²) in [5.74, 6) is 1.82. The summed E-state index contributed by atoms with van der Waals surface area (Å²) in [5.41, 5.74) is 1.55. The second kappa shape index (κ2) is 11.8. The summed E-state index contributed by atoms with van der Waals surface area (Å²) in [7, 11) is 0. The van der Waals surface area contributed by atoms with Gasteiger partial charge in [-0.05, 0) is 38.5 Å². The van der Waals surface area contributed by atoms with Crippen LogP contribution < -0.4 is 0 Å². The molecule has 0 saturated carbocycles. The van der Waals surface area contributed by atoms with Crippen molar-refractivity contribution in [3.63, 3.8) is 0 Å². The summed E-state index contributed by atoms with van der Waals surface area (Å²) in [6, 6.07) is 0. The SMILES string of the molecule is CC=C(C)CCCC(C)C(C)CCCCCCC. The lowest BCUT2D eigenvalue weighted by Crippen LogP contribution is -2.08. The molecule has 2 unspecified atom stereocenters. The topological polar surface area (TPSA) is 0 Å². The molecule has 0 nitrogen and oxygen atoms in total. The monoisotopic (exact) mass is 252 g/mol. The molecule has 2 atom stereocenters. The second-order valence-electron chi connectivity index (χ2n) is 6.18. The van der Waals surface area contributed by atoms with Crippen LogP contribution in [0.15, 0.2) is 11.6 Å². The molecule has 0 heterocycles. The van der Waals surface area contributed by atoms with Crippen LogP contribution in [0, 0.1) is 11.8 Å². The summed E-state index contributed by atoms with van der Waals surface area (Å²) >= 11 is 0. The first kappa shape index (κ1) is 17.7. The van der Waals surface area contributed by atoms with Crippen molar-refractivity contribution < 1.29 is 0 Å². The molecular weight excluding hydrogens is 216 g/mol. The smallest absolute Gasteiger partial charge is 0.0323 e. The van der Waals surface area contributed by atoms with E-state index in [-0.39, 0.29) is 0 Å². The van der Waals surface area contributed by atoms with Gasteiger partial charge >= 0.3 is 0 Å². The van der Waals surface area contributed by atoms with Crippen molar-refractivity contribution >= 4 is 0 Å². The minimum atomic E-state index is 0.904. The van der Waals surface area contributed by atoms with Crippen LogP contribution in [0.4, 0.5) is 0 Å². The first-order chi connectivity index (χ1) is 8.61. The zero-order valence-electron chi connectivity index (χ0n) is 13.6. The third-order valence-corrected chi connectivity index (χ3v) is 4.46. The molecule has 0 bridgehead atoms. The van der Waals surface area contributed by atoms with Crippen LogP contribution in [0.1, 0.15) is 92.4 Å².